The Hall–Kier alpha value is -2.01. The van der Waals surface area contributed by atoms with Gasteiger partial charge in [0.25, 0.3) is 5.91 Å². The predicted octanol–water partition coefficient (Wildman–Crippen LogP) is 2.80. The Bertz CT molecular complexity index is 696. The first-order valence-electron chi connectivity index (χ1n) is 7.62. The van der Waals surface area contributed by atoms with Crippen molar-refractivity contribution in [1.82, 2.24) is 10.3 Å². The van der Waals surface area contributed by atoms with Crippen LogP contribution in [0.2, 0.25) is 0 Å². The van der Waals surface area contributed by atoms with Crippen molar-refractivity contribution in [2.75, 3.05) is 6.54 Å². The molecule has 1 fully saturated rings. The Morgan fingerprint density at radius 2 is 2.09 bits per heavy atom. The Morgan fingerprint density at radius 3 is 2.86 bits per heavy atom. The smallest absolute Gasteiger partial charge is 0.253 e. The van der Waals surface area contributed by atoms with Gasteiger partial charge in [-0.25, -0.2) is 4.39 Å². The molecule has 0 atom stereocenters. The van der Waals surface area contributed by atoms with E-state index in [9.17, 15) is 14.3 Å². The molecule has 0 spiro atoms. The van der Waals surface area contributed by atoms with E-state index < -0.39 is 17.3 Å². The summed E-state index contributed by atoms with van der Waals surface area (Å²) < 4.78 is 13.7. The highest BCUT2D eigenvalue weighted by Crippen LogP contribution is 2.27. The molecule has 1 aromatic carbocycles. The fourth-order valence-electron chi connectivity index (χ4n) is 3.06. The van der Waals surface area contributed by atoms with Gasteiger partial charge in [0.1, 0.15) is 5.82 Å². The van der Waals surface area contributed by atoms with Crippen LogP contribution in [0.3, 0.4) is 0 Å². The maximum Gasteiger partial charge on any atom is 0.253 e. The number of aromatic nitrogens is 1. The Kier molecular flexibility index (Phi) is 4.07. The zero-order valence-corrected chi connectivity index (χ0v) is 12.3. The summed E-state index contributed by atoms with van der Waals surface area (Å²) in [6.07, 6.45) is 6.01. The summed E-state index contributed by atoms with van der Waals surface area (Å²) >= 11 is 0. The van der Waals surface area contributed by atoms with Crippen LogP contribution in [0.4, 0.5) is 4.39 Å². The van der Waals surface area contributed by atoms with E-state index in [1.807, 2.05) is 0 Å². The maximum atomic E-state index is 13.7. The van der Waals surface area contributed by atoms with Crippen LogP contribution in [0, 0.1) is 5.82 Å². The van der Waals surface area contributed by atoms with E-state index in [4.69, 9.17) is 0 Å². The zero-order valence-electron chi connectivity index (χ0n) is 12.3. The number of pyridine rings is 1. The minimum absolute atomic E-state index is 0.191. The van der Waals surface area contributed by atoms with Crippen LogP contribution < -0.4 is 5.32 Å². The van der Waals surface area contributed by atoms with Crippen LogP contribution in [0.5, 0.6) is 0 Å². The van der Waals surface area contributed by atoms with Crippen LogP contribution in [-0.2, 0) is 0 Å². The topological polar surface area (TPSA) is 62.2 Å². The molecule has 0 aliphatic heterocycles. The van der Waals surface area contributed by atoms with E-state index in [1.165, 1.54) is 12.1 Å². The largest absolute Gasteiger partial charge is 0.388 e. The number of benzene rings is 1. The van der Waals surface area contributed by atoms with E-state index >= 15 is 0 Å². The normalized spacial score (nSPS) is 17.4. The van der Waals surface area contributed by atoms with Crippen molar-refractivity contribution in [3.8, 4) is 0 Å². The van der Waals surface area contributed by atoms with Crippen molar-refractivity contribution in [3.63, 3.8) is 0 Å². The predicted molar refractivity (Wildman–Crippen MR) is 82.1 cm³/mol. The number of carbonyl (C=O) groups is 1. The molecule has 1 amide bonds. The lowest BCUT2D eigenvalue weighted by Gasteiger charge is -2.32. The van der Waals surface area contributed by atoms with Crippen molar-refractivity contribution >= 4 is 16.8 Å². The summed E-state index contributed by atoms with van der Waals surface area (Å²) in [7, 11) is 0. The highest BCUT2D eigenvalue weighted by molar-refractivity contribution is 6.05. The van der Waals surface area contributed by atoms with Crippen molar-refractivity contribution in [1.29, 1.82) is 0 Å². The number of rotatable bonds is 3. The fourth-order valence-corrected chi connectivity index (χ4v) is 3.06. The van der Waals surface area contributed by atoms with E-state index in [0.717, 1.165) is 19.3 Å². The highest BCUT2D eigenvalue weighted by Gasteiger charge is 2.29. The SMILES string of the molecule is O=C(NCC1(O)CCCCC1)c1cc(F)cc2cccnc12. The van der Waals surface area contributed by atoms with Gasteiger partial charge >= 0.3 is 0 Å². The quantitative estimate of drug-likeness (QED) is 0.916. The molecule has 4 nitrogen and oxygen atoms in total. The lowest BCUT2D eigenvalue weighted by Crippen LogP contribution is -2.44. The molecule has 1 aliphatic carbocycles. The minimum atomic E-state index is -0.843. The molecular weight excluding hydrogens is 283 g/mol. The van der Waals surface area contributed by atoms with E-state index in [1.54, 1.807) is 18.3 Å². The molecule has 0 radical (unpaired) electrons. The molecule has 2 aromatic rings. The molecule has 0 unspecified atom stereocenters. The average molecular weight is 302 g/mol. The molecule has 3 rings (SSSR count). The molecule has 0 saturated heterocycles. The number of nitrogens with zero attached hydrogens (tertiary/aromatic N) is 1. The Balaban J connectivity index is 1.80. The number of halogens is 1. The van der Waals surface area contributed by atoms with E-state index in [-0.39, 0.29) is 12.1 Å². The standard InChI is InChI=1S/C17H19FN2O2/c18-13-9-12-5-4-8-19-15(12)14(10-13)16(21)20-11-17(22)6-2-1-3-7-17/h4-5,8-10,22H,1-3,6-7,11H2,(H,20,21). The zero-order chi connectivity index (χ0) is 15.6. The van der Waals surface area contributed by atoms with Gasteiger partial charge in [0.2, 0.25) is 0 Å². The highest BCUT2D eigenvalue weighted by atomic mass is 19.1. The van der Waals surface area contributed by atoms with E-state index in [2.05, 4.69) is 10.3 Å². The molecule has 0 bridgehead atoms. The van der Waals surface area contributed by atoms with Crippen LogP contribution >= 0.6 is 0 Å². The van der Waals surface area contributed by atoms with Gasteiger partial charge in [-0.05, 0) is 31.0 Å². The molecule has 2 N–H and O–H groups in total. The molecule has 1 heterocycles. The molecule has 116 valence electrons. The number of fused-ring (bicyclic) bond motifs is 1. The molecular formula is C17H19FN2O2. The van der Waals surface area contributed by atoms with Gasteiger partial charge in [0.15, 0.2) is 0 Å². The number of aliphatic hydroxyl groups is 1. The molecule has 5 heteroatoms. The Labute approximate surface area is 128 Å². The second kappa shape index (κ2) is 6.01. The summed E-state index contributed by atoms with van der Waals surface area (Å²) in [6.45, 7) is 0.191. The van der Waals surface area contributed by atoms with Crippen LogP contribution in [0.15, 0.2) is 30.5 Å². The van der Waals surface area contributed by atoms with Crippen LogP contribution in [-0.4, -0.2) is 28.1 Å². The summed E-state index contributed by atoms with van der Waals surface area (Å²) in [5.74, 6) is -0.871. The summed E-state index contributed by atoms with van der Waals surface area (Å²) in [6, 6.07) is 5.97. The molecule has 1 saturated carbocycles. The second-order valence-electron chi connectivity index (χ2n) is 6.00. The van der Waals surface area contributed by atoms with Crippen molar-refractivity contribution in [2.45, 2.75) is 37.7 Å². The second-order valence-corrected chi connectivity index (χ2v) is 6.00. The minimum Gasteiger partial charge on any atom is -0.388 e. The molecule has 1 aromatic heterocycles. The molecule has 1 aliphatic rings. The lowest BCUT2D eigenvalue weighted by atomic mass is 9.85. The number of amides is 1. The van der Waals surface area contributed by atoms with Crippen molar-refractivity contribution in [2.24, 2.45) is 0 Å². The van der Waals surface area contributed by atoms with Gasteiger partial charge in [-0.2, -0.15) is 0 Å². The van der Waals surface area contributed by atoms with Crippen LogP contribution in [0.1, 0.15) is 42.5 Å². The first kappa shape index (κ1) is 14.9. The van der Waals surface area contributed by atoms with Crippen molar-refractivity contribution in [3.05, 3.63) is 41.8 Å². The number of hydrogen-bond donors (Lipinski definition) is 2. The first-order valence-corrected chi connectivity index (χ1v) is 7.62. The summed E-state index contributed by atoms with van der Waals surface area (Å²) in [5.41, 5.74) is -0.170. The van der Waals surface area contributed by atoms with Gasteiger partial charge in [0.05, 0.1) is 16.7 Å². The monoisotopic (exact) mass is 302 g/mol. The lowest BCUT2D eigenvalue weighted by molar-refractivity contribution is 0.00527. The Morgan fingerprint density at radius 1 is 1.32 bits per heavy atom. The number of hydrogen-bond acceptors (Lipinski definition) is 3. The van der Waals surface area contributed by atoms with Gasteiger partial charge in [-0.15, -0.1) is 0 Å². The van der Waals surface area contributed by atoms with Crippen LogP contribution in [0.25, 0.3) is 10.9 Å². The van der Waals surface area contributed by atoms with Gasteiger partial charge in [0, 0.05) is 18.1 Å². The summed E-state index contributed by atoms with van der Waals surface area (Å²) in [4.78, 5) is 16.5. The van der Waals surface area contributed by atoms with E-state index in [0.29, 0.717) is 23.7 Å². The third-order valence-corrected chi connectivity index (χ3v) is 4.28. The van der Waals surface area contributed by atoms with Gasteiger partial charge < -0.3 is 10.4 Å². The van der Waals surface area contributed by atoms with Crippen molar-refractivity contribution < 1.29 is 14.3 Å². The first-order chi connectivity index (χ1) is 10.6. The van der Waals surface area contributed by atoms with Gasteiger partial charge in [-0.3, -0.25) is 9.78 Å². The average Bonchev–Trinajstić information content (AvgIpc) is 2.52. The number of nitrogens with one attached hydrogen (secondary N) is 1. The van der Waals surface area contributed by atoms with Gasteiger partial charge in [-0.1, -0.05) is 25.3 Å². The molecule has 22 heavy (non-hydrogen) atoms. The number of carbonyl (C=O) groups excluding carboxylic acids is 1. The summed E-state index contributed by atoms with van der Waals surface area (Å²) in [5, 5.41) is 13.8. The fraction of sp³-hybridized carbons (Fsp3) is 0.412. The third-order valence-electron chi connectivity index (χ3n) is 4.28. The maximum absolute atomic E-state index is 13.7. The third kappa shape index (κ3) is 3.09.